The highest BCUT2D eigenvalue weighted by molar-refractivity contribution is 4.93. The molecule has 3 N–H and O–H groups in total. The van der Waals surface area contributed by atoms with Gasteiger partial charge in [-0.05, 0) is 56.4 Å². The summed E-state index contributed by atoms with van der Waals surface area (Å²) in [5, 5.41) is 3.67. The molecule has 0 amide bonds. The summed E-state index contributed by atoms with van der Waals surface area (Å²) in [6, 6.07) is 0.478. The van der Waals surface area contributed by atoms with Crippen LogP contribution in [0.2, 0.25) is 0 Å². The van der Waals surface area contributed by atoms with Crippen molar-refractivity contribution in [2.75, 3.05) is 13.1 Å². The summed E-state index contributed by atoms with van der Waals surface area (Å²) in [4.78, 5) is 0. The molecule has 0 heterocycles. The summed E-state index contributed by atoms with van der Waals surface area (Å²) in [5.74, 6) is 0.849. The zero-order valence-electron chi connectivity index (χ0n) is 10.1. The molecule has 2 aliphatic rings. The lowest BCUT2D eigenvalue weighted by molar-refractivity contribution is 0.300. The van der Waals surface area contributed by atoms with Crippen molar-refractivity contribution in [1.82, 2.24) is 5.32 Å². The van der Waals surface area contributed by atoms with Crippen LogP contribution in [0.1, 0.15) is 51.9 Å². The van der Waals surface area contributed by atoms with Gasteiger partial charge in [0.1, 0.15) is 0 Å². The van der Waals surface area contributed by atoms with Gasteiger partial charge in [-0.2, -0.15) is 0 Å². The molecule has 0 spiro atoms. The highest BCUT2D eigenvalue weighted by atomic mass is 14.9. The Morgan fingerprint density at radius 3 is 2.73 bits per heavy atom. The fourth-order valence-corrected chi connectivity index (χ4v) is 2.89. The first kappa shape index (κ1) is 11.4. The SMILES string of the molecule is CCC1(CNCC2CCCC(N)C2)CC1. The molecule has 2 nitrogen and oxygen atoms in total. The fraction of sp³-hybridized carbons (Fsp3) is 1.00. The molecule has 0 aromatic rings. The van der Waals surface area contributed by atoms with Crippen LogP contribution in [0.25, 0.3) is 0 Å². The second-order valence-corrected chi connectivity index (χ2v) is 5.78. The highest BCUT2D eigenvalue weighted by Gasteiger charge is 2.40. The summed E-state index contributed by atoms with van der Waals surface area (Å²) >= 11 is 0. The van der Waals surface area contributed by atoms with Crippen molar-refractivity contribution in [1.29, 1.82) is 0 Å². The Hall–Kier alpha value is -0.0800. The topological polar surface area (TPSA) is 38.0 Å². The summed E-state index contributed by atoms with van der Waals surface area (Å²) in [6.07, 6.45) is 9.46. The molecular formula is C13H26N2. The average molecular weight is 210 g/mol. The molecular weight excluding hydrogens is 184 g/mol. The number of nitrogens with two attached hydrogens (primary N) is 1. The van der Waals surface area contributed by atoms with Crippen LogP contribution in [0, 0.1) is 11.3 Å². The van der Waals surface area contributed by atoms with Gasteiger partial charge in [0.05, 0.1) is 0 Å². The van der Waals surface area contributed by atoms with Crippen molar-refractivity contribution in [3.05, 3.63) is 0 Å². The van der Waals surface area contributed by atoms with Crippen LogP contribution < -0.4 is 11.1 Å². The smallest absolute Gasteiger partial charge is 0.00419 e. The van der Waals surface area contributed by atoms with Crippen molar-refractivity contribution >= 4 is 0 Å². The normalized spacial score (nSPS) is 34.0. The lowest BCUT2D eigenvalue weighted by Gasteiger charge is -2.27. The van der Waals surface area contributed by atoms with Gasteiger partial charge >= 0.3 is 0 Å². The quantitative estimate of drug-likeness (QED) is 0.730. The van der Waals surface area contributed by atoms with E-state index in [1.807, 2.05) is 0 Å². The summed E-state index contributed by atoms with van der Waals surface area (Å²) in [7, 11) is 0. The molecule has 0 bridgehead atoms. The molecule has 0 aromatic carbocycles. The zero-order valence-corrected chi connectivity index (χ0v) is 10.1. The molecule has 2 fully saturated rings. The van der Waals surface area contributed by atoms with Gasteiger partial charge in [-0.25, -0.2) is 0 Å². The van der Waals surface area contributed by atoms with Crippen LogP contribution in [-0.2, 0) is 0 Å². The van der Waals surface area contributed by atoms with Crippen molar-refractivity contribution in [2.45, 2.75) is 57.9 Å². The molecule has 2 aliphatic carbocycles. The van der Waals surface area contributed by atoms with E-state index in [9.17, 15) is 0 Å². The van der Waals surface area contributed by atoms with E-state index in [1.54, 1.807) is 0 Å². The average Bonchev–Trinajstić information content (AvgIpc) is 2.99. The predicted molar refractivity (Wildman–Crippen MR) is 64.8 cm³/mol. The third-order valence-corrected chi connectivity index (χ3v) is 4.46. The van der Waals surface area contributed by atoms with E-state index in [1.165, 1.54) is 58.0 Å². The summed E-state index contributed by atoms with van der Waals surface area (Å²) < 4.78 is 0. The van der Waals surface area contributed by atoms with Gasteiger partial charge in [0, 0.05) is 12.6 Å². The largest absolute Gasteiger partial charge is 0.328 e. The van der Waals surface area contributed by atoms with Gasteiger partial charge in [0.25, 0.3) is 0 Å². The van der Waals surface area contributed by atoms with Crippen LogP contribution in [0.4, 0.5) is 0 Å². The molecule has 2 atom stereocenters. The molecule has 0 saturated heterocycles. The van der Waals surface area contributed by atoms with Crippen molar-refractivity contribution in [3.63, 3.8) is 0 Å². The third-order valence-electron chi connectivity index (χ3n) is 4.46. The number of nitrogens with one attached hydrogen (secondary N) is 1. The van der Waals surface area contributed by atoms with E-state index in [-0.39, 0.29) is 0 Å². The van der Waals surface area contributed by atoms with E-state index in [4.69, 9.17) is 5.73 Å². The maximum absolute atomic E-state index is 5.99. The highest BCUT2D eigenvalue weighted by Crippen LogP contribution is 2.47. The van der Waals surface area contributed by atoms with Gasteiger partial charge in [-0.3, -0.25) is 0 Å². The van der Waals surface area contributed by atoms with Gasteiger partial charge in [-0.15, -0.1) is 0 Å². The Morgan fingerprint density at radius 1 is 1.33 bits per heavy atom. The fourth-order valence-electron chi connectivity index (χ4n) is 2.89. The Bertz CT molecular complexity index is 199. The van der Waals surface area contributed by atoms with Crippen LogP contribution >= 0.6 is 0 Å². The standard InChI is InChI=1S/C13H26N2/c1-2-13(6-7-13)10-15-9-11-4-3-5-12(14)8-11/h11-12,15H,2-10,14H2,1H3. The molecule has 2 rings (SSSR count). The van der Waals surface area contributed by atoms with Gasteiger partial charge in [-0.1, -0.05) is 13.3 Å². The van der Waals surface area contributed by atoms with Crippen LogP contribution in [0.5, 0.6) is 0 Å². The molecule has 0 aromatic heterocycles. The van der Waals surface area contributed by atoms with Crippen LogP contribution in [0.3, 0.4) is 0 Å². The lowest BCUT2D eigenvalue weighted by Crippen LogP contribution is -2.35. The van der Waals surface area contributed by atoms with Crippen LogP contribution in [0.15, 0.2) is 0 Å². The zero-order chi connectivity index (χ0) is 10.7. The van der Waals surface area contributed by atoms with E-state index in [0.29, 0.717) is 11.5 Å². The first-order valence-electron chi connectivity index (χ1n) is 6.70. The Labute approximate surface area is 94.0 Å². The second kappa shape index (κ2) is 4.84. The summed E-state index contributed by atoms with van der Waals surface area (Å²) in [6.45, 7) is 4.77. The molecule has 2 saturated carbocycles. The Kier molecular flexibility index (Phi) is 3.68. The first-order chi connectivity index (χ1) is 7.24. The molecule has 15 heavy (non-hydrogen) atoms. The summed E-state index contributed by atoms with van der Waals surface area (Å²) in [5.41, 5.74) is 6.68. The monoisotopic (exact) mass is 210 g/mol. The third kappa shape index (κ3) is 3.18. The maximum atomic E-state index is 5.99. The number of rotatable bonds is 5. The van der Waals surface area contributed by atoms with E-state index in [0.717, 1.165) is 5.92 Å². The maximum Gasteiger partial charge on any atom is 0.00419 e. The van der Waals surface area contributed by atoms with Crippen LogP contribution in [-0.4, -0.2) is 19.1 Å². The van der Waals surface area contributed by atoms with Gasteiger partial charge < -0.3 is 11.1 Å². The number of hydrogen-bond acceptors (Lipinski definition) is 2. The molecule has 2 heteroatoms. The lowest BCUT2D eigenvalue weighted by atomic mass is 9.86. The molecule has 0 aliphatic heterocycles. The van der Waals surface area contributed by atoms with E-state index < -0.39 is 0 Å². The van der Waals surface area contributed by atoms with Crippen molar-refractivity contribution < 1.29 is 0 Å². The van der Waals surface area contributed by atoms with Crippen molar-refractivity contribution in [3.8, 4) is 0 Å². The molecule has 0 radical (unpaired) electrons. The minimum absolute atomic E-state index is 0.478. The molecule has 88 valence electrons. The predicted octanol–water partition coefficient (Wildman–Crippen LogP) is 2.28. The Balaban J connectivity index is 1.61. The van der Waals surface area contributed by atoms with Gasteiger partial charge in [0.2, 0.25) is 0 Å². The first-order valence-corrected chi connectivity index (χ1v) is 6.70. The minimum atomic E-state index is 0.478. The Morgan fingerprint density at radius 2 is 2.13 bits per heavy atom. The minimum Gasteiger partial charge on any atom is -0.328 e. The number of hydrogen-bond donors (Lipinski definition) is 2. The molecule has 2 unspecified atom stereocenters. The van der Waals surface area contributed by atoms with Gasteiger partial charge in [0.15, 0.2) is 0 Å². The second-order valence-electron chi connectivity index (χ2n) is 5.78. The van der Waals surface area contributed by atoms with E-state index in [2.05, 4.69) is 12.2 Å². The van der Waals surface area contributed by atoms with E-state index >= 15 is 0 Å². The van der Waals surface area contributed by atoms with Crippen molar-refractivity contribution in [2.24, 2.45) is 17.1 Å².